The number of fused-ring (bicyclic) bond motifs is 1. The predicted molar refractivity (Wildman–Crippen MR) is 143 cm³/mol. The fourth-order valence-corrected chi connectivity index (χ4v) is 4.15. The number of aromatic nitrogens is 2. The minimum atomic E-state index is -0.0325. The summed E-state index contributed by atoms with van der Waals surface area (Å²) in [5.74, 6) is 1.51. The summed E-state index contributed by atoms with van der Waals surface area (Å²) in [6, 6.07) is 19.0. The van der Waals surface area contributed by atoms with Crippen molar-refractivity contribution in [3.05, 3.63) is 87.7 Å². The number of rotatable bonds is 8. The van der Waals surface area contributed by atoms with Gasteiger partial charge >= 0.3 is 0 Å². The molecule has 0 unspecified atom stereocenters. The van der Waals surface area contributed by atoms with Gasteiger partial charge in [0.1, 0.15) is 21.7 Å². The predicted octanol–water partition coefficient (Wildman–Crippen LogP) is 5.97. The number of hydrogen-bond acceptors (Lipinski definition) is 6. The number of pyridine rings is 1. The number of benzene rings is 2. The van der Waals surface area contributed by atoms with Gasteiger partial charge in [0.25, 0.3) is 6.47 Å². The van der Waals surface area contributed by atoms with E-state index < -0.39 is 0 Å². The van der Waals surface area contributed by atoms with Crippen LogP contribution in [0.5, 0.6) is 11.5 Å². The van der Waals surface area contributed by atoms with Crippen LogP contribution in [0.15, 0.2) is 65.3 Å². The first-order valence-electron chi connectivity index (χ1n) is 11.3. The first-order chi connectivity index (χ1) is 17.3. The van der Waals surface area contributed by atoms with Gasteiger partial charge in [-0.3, -0.25) is 9.59 Å². The summed E-state index contributed by atoms with van der Waals surface area (Å²) in [7, 11) is 2.92. The fourth-order valence-electron chi connectivity index (χ4n) is 3.85. The second kappa shape index (κ2) is 12.4. The molecule has 0 aliphatic heterocycles. The van der Waals surface area contributed by atoms with Crippen LogP contribution < -0.4 is 9.47 Å². The molecule has 8 heteroatoms. The molecule has 0 aliphatic carbocycles. The molecule has 0 saturated carbocycles. The van der Waals surface area contributed by atoms with Crippen LogP contribution >= 0.6 is 15.9 Å². The Hall–Kier alpha value is -3.65. The molecule has 2 aromatic heterocycles. The van der Waals surface area contributed by atoms with Crippen LogP contribution in [0.3, 0.4) is 0 Å². The first-order valence-corrected chi connectivity index (χ1v) is 12.1. The highest BCUT2D eigenvalue weighted by molar-refractivity contribution is 9.10. The van der Waals surface area contributed by atoms with Gasteiger partial charge in [0.2, 0.25) is 0 Å². The maximum Gasteiger partial charge on any atom is 0.292 e. The third-order valence-corrected chi connectivity index (χ3v) is 5.86. The zero-order chi connectivity index (χ0) is 26.2. The minimum Gasteiger partial charge on any atom is -0.497 e. The van der Waals surface area contributed by atoms with Crippen LogP contribution in [0.4, 0.5) is 0 Å². The van der Waals surface area contributed by atoms with E-state index in [4.69, 9.17) is 19.3 Å². The Bertz CT molecular complexity index is 1350. The number of halogens is 1. The number of hydrogen-bond donors (Lipinski definition) is 0. The lowest BCUT2D eigenvalue weighted by molar-refractivity contribution is -0.126. The minimum absolute atomic E-state index is 0.0325. The Morgan fingerprint density at radius 2 is 1.75 bits per heavy atom. The maximum absolute atomic E-state index is 13.5. The number of methoxy groups -OCH3 is 2. The summed E-state index contributed by atoms with van der Waals surface area (Å²) in [5.41, 5.74) is 4.00. The first kappa shape index (κ1) is 26.9. The lowest BCUT2D eigenvalue weighted by Crippen LogP contribution is -2.08. The monoisotopic (exact) mass is 552 g/mol. The molecule has 0 N–H and O–H groups in total. The van der Waals surface area contributed by atoms with Crippen molar-refractivity contribution in [2.24, 2.45) is 0 Å². The van der Waals surface area contributed by atoms with Crippen molar-refractivity contribution in [1.29, 1.82) is 0 Å². The molecule has 0 aliphatic rings. The molecule has 4 rings (SSSR count). The van der Waals surface area contributed by atoms with E-state index in [9.17, 15) is 4.79 Å². The highest BCUT2D eigenvalue weighted by Gasteiger charge is 2.22. The molecule has 0 bridgehead atoms. The van der Waals surface area contributed by atoms with E-state index in [-0.39, 0.29) is 11.9 Å². The lowest BCUT2D eigenvalue weighted by Gasteiger charge is -2.13. The molecule has 36 heavy (non-hydrogen) atoms. The van der Waals surface area contributed by atoms with Crippen molar-refractivity contribution < 1.29 is 23.8 Å². The summed E-state index contributed by atoms with van der Waals surface area (Å²) in [5, 5.41) is 0.834. The summed E-state index contributed by atoms with van der Waals surface area (Å²) < 4.78 is 17.8. The normalized spacial score (nSPS) is 10.5. The lowest BCUT2D eigenvalue weighted by atomic mass is 10.0. The van der Waals surface area contributed by atoms with Crippen LogP contribution in [0.1, 0.15) is 41.0 Å². The topological polar surface area (TPSA) is 79.7 Å². The van der Waals surface area contributed by atoms with E-state index >= 15 is 0 Å². The van der Waals surface area contributed by atoms with E-state index in [0.717, 1.165) is 38.4 Å². The van der Waals surface area contributed by atoms with E-state index in [1.807, 2.05) is 51.1 Å². The zero-order valence-corrected chi connectivity index (χ0v) is 22.5. The molecule has 0 amide bonds. The number of nitrogens with zero attached hydrogens (tertiary/aromatic N) is 2. The number of ether oxygens (including phenoxy) is 3. The Kier molecular flexibility index (Phi) is 9.25. The molecule has 0 fully saturated rings. The average Bonchev–Trinajstić information content (AvgIpc) is 3.14. The maximum atomic E-state index is 13.5. The van der Waals surface area contributed by atoms with Crippen LogP contribution in [-0.2, 0) is 16.1 Å². The van der Waals surface area contributed by atoms with Gasteiger partial charge < -0.3 is 18.8 Å². The molecule has 2 aromatic carbocycles. The fraction of sp³-hybridized carbons (Fsp3) is 0.250. The molecule has 4 aromatic rings. The van der Waals surface area contributed by atoms with Crippen LogP contribution in [0.2, 0.25) is 0 Å². The highest BCUT2D eigenvalue weighted by Crippen LogP contribution is 2.30. The van der Waals surface area contributed by atoms with Gasteiger partial charge in [-0.2, -0.15) is 0 Å². The Labute approximate surface area is 219 Å². The smallest absolute Gasteiger partial charge is 0.292 e. The number of carbonyl (C=O) groups is 2. The third-order valence-electron chi connectivity index (χ3n) is 5.42. The molecule has 7 nitrogen and oxygen atoms in total. The van der Waals surface area contributed by atoms with E-state index in [1.54, 1.807) is 31.4 Å². The molecule has 0 radical (unpaired) electrons. The second-order valence-electron chi connectivity index (χ2n) is 8.26. The molecule has 188 valence electrons. The van der Waals surface area contributed by atoms with Crippen LogP contribution in [0.25, 0.3) is 11.0 Å². The Balaban J connectivity index is 0.000000840. The van der Waals surface area contributed by atoms with Crippen molar-refractivity contribution in [3.8, 4) is 11.5 Å². The number of carbonyl (C=O) groups excluding carboxylic acids is 2. The molecule has 0 spiro atoms. The van der Waals surface area contributed by atoms with Crippen LogP contribution in [-0.4, -0.2) is 42.1 Å². The Morgan fingerprint density at radius 1 is 1.06 bits per heavy atom. The summed E-state index contributed by atoms with van der Waals surface area (Å²) in [4.78, 5) is 27.1. The zero-order valence-electron chi connectivity index (χ0n) is 20.9. The van der Waals surface area contributed by atoms with Gasteiger partial charge in [-0.15, -0.1) is 0 Å². The number of ketones is 1. The van der Waals surface area contributed by atoms with Crippen molar-refractivity contribution in [2.75, 3.05) is 14.2 Å². The molecule has 0 atom stereocenters. The molecular formula is C28H29BrN2O5. The van der Waals surface area contributed by atoms with E-state index in [2.05, 4.69) is 31.3 Å². The van der Waals surface area contributed by atoms with E-state index in [0.29, 0.717) is 24.1 Å². The van der Waals surface area contributed by atoms with Crippen molar-refractivity contribution in [1.82, 2.24) is 9.55 Å². The SMILES string of the molecule is COC=O.COc1ccc(C(=O)c2c(C)n(Cc3cccc(OC(C)C)c3)c3nc(Br)ccc23)cc1. The third kappa shape index (κ3) is 6.31. The molecule has 2 heterocycles. The standard InChI is InChI=1S/C26H25BrN2O3.C2H4O2/c1-16(2)32-21-7-5-6-18(14-21)15-29-17(3)24(22-12-13-23(27)28-26(22)29)25(30)19-8-10-20(31-4)11-9-19;1-4-2-3/h5-14,16H,15H2,1-4H3;2H,1H3. The summed E-state index contributed by atoms with van der Waals surface area (Å²) in [6.45, 7) is 6.95. The average molecular weight is 553 g/mol. The van der Waals surface area contributed by atoms with Crippen molar-refractivity contribution in [2.45, 2.75) is 33.4 Å². The molecule has 0 saturated heterocycles. The van der Waals surface area contributed by atoms with Gasteiger partial charge in [-0.05, 0) is 90.8 Å². The van der Waals surface area contributed by atoms with Crippen molar-refractivity contribution >= 4 is 39.2 Å². The highest BCUT2D eigenvalue weighted by atomic mass is 79.9. The van der Waals surface area contributed by atoms with Gasteiger partial charge in [-0.25, -0.2) is 4.98 Å². The second-order valence-corrected chi connectivity index (χ2v) is 9.07. The Morgan fingerprint density at radius 3 is 2.36 bits per heavy atom. The summed E-state index contributed by atoms with van der Waals surface area (Å²) >= 11 is 3.48. The molecular weight excluding hydrogens is 524 g/mol. The van der Waals surface area contributed by atoms with Gasteiger partial charge in [0.15, 0.2) is 5.78 Å². The summed E-state index contributed by atoms with van der Waals surface area (Å²) in [6.07, 6.45) is 0.103. The largest absolute Gasteiger partial charge is 0.497 e. The van der Waals surface area contributed by atoms with E-state index in [1.165, 1.54) is 7.11 Å². The van der Waals surface area contributed by atoms with Gasteiger partial charge in [0.05, 0.1) is 25.9 Å². The van der Waals surface area contributed by atoms with Crippen molar-refractivity contribution in [3.63, 3.8) is 0 Å². The van der Waals surface area contributed by atoms with Crippen LogP contribution in [0, 0.1) is 6.92 Å². The van der Waals surface area contributed by atoms with Gasteiger partial charge in [-0.1, -0.05) is 12.1 Å². The van der Waals surface area contributed by atoms with Gasteiger partial charge in [0, 0.05) is 23.2 Å². The quantitative estimate of drug-likeness (QED) is 0.152.